The van der Waals surface area contributed by atoms with E-state index in [1.54, 1.807) is 4.90 Å². The van der Waals surface area contributed by atoms with Gasteiger partial charge in [-0.1, -0.05) is 19.1 Å². The first kappa shape index (κ1) is 19.6. The van der Waals surface area contributed by atoms with E-state index in [2.05, 4.69) is 18.8 Å². The summed E-state index contributed by atoms with van der Waals surface area (Å²) >= 11 is 1.45. The Morgan fingerprint density at radius 1 is 1.16 bits per heavy atom. The normalized spacial score (nSPS) is 19.5. The van der Waals surface area contributed by atoms with Crippen LogP contribution in [0.2, 0.25) is 0 Å². The smallest absolute Gasteiger partial charge is 0.266 e. The highest BCUT2D eigenvalue weighted by atomic mass is 32.2. The van der Waals surface area contributed by atoms with Gasteiger partial charge in [0.05, 0.1) is 11.0 Å². The highest BCUT2D eigenvalue weighted by Gasteiger charge is 2.35. The molecule has 0 unspecified atom stereocenters. The molecule has 0 radical (unpaired) electrons. The number of carbonyl (C=O) groups is 1. The fourth-order valence-corrected chi connectivity index (χ4v) is 3.60. The van der Waals surface area contributed by atoms with Gasteiger partial charge in [0, 0.05) is 12.1 Å². The first-order valence-corrected chi connectivity index (χ1v) is 9.71. The van der Waals surface area contributed by atoms with Crippen molar-refractivity contribution in [2.45, 2.75) is 66.2 Å². The fourth-order valence-electron chi connectivity index (χ4n) is 2.36. The van der Waals surface area contributed by atoms with Gasteiger partial charge in [0.15, 0.2) is 5.17 Å². The van der Waals surface area contributed by atoms with Crippen molar-refractivity contribution in [1.82, 2.24) is 4.90 Å². The SMILES string of the molecule is CC[C@H](C)Oc1ccc(/C=C2/SC(=NC(C)C)N(C(C)C)C2=O)cc1. The van der Waals surface area contributed by atoms with E-state index in [9.17, 15) is 4.79 Å². The van der Waals surface area contributed by atoms with E-state index >= 15 is 0 Å². The summed E-state index contributed by atoms with van der Waals surface area (Å²) in [5.74, 6) is 0.882. The lowest BCUT2D eigenvalue weighted by Crippen LogP contribution is -2.35. The summed E-state index contributed by atoms with van der Waals surface area (Å²) in [4.78, 5) is 19.8. The van der Waals surface area contributed by atoms with E-state index in [0.29, 0.717) is 4.91 Å². The highest BCUT2D eigenvalue weighted by molar-refractivity contribution is 8.18. The number of thioether (sulfide) groups is 1. The van der Waals surface area contributed by atoms with E-state index in [4.69, 9.17) is 4.74 Å². The predicted octanol–water partition coefficient (Wildman–Crippen LogP) is 4.95. The Labute approximate surface area is 155 Å². The molecule has 2 rings (SSSR count). The lowest BCUT2D eigenvalue weighted by Gasteiger charge is -2.20. The van der Waals surface area contributed by atoms with Gasteiger partial charge in [0.2, 0.25) is 0 Å². The number of nitrogens with zero attached hydrogens (tertiary/aromatic N) is 2. The molecule has 1 saturated heterocycles. The van der Waals surface area contributed by atoms with Crippen molar-refractivity contribution >= 4 is 28.9 Å². The number of rotatable bonds is 6. The molecule has 1 aromatic carbocycles. The van der Waals surface area contributed by atoms with Gasteiger partial charge in [-0.25, -0.2) is 0 Å². The molecule has 0 N–H and O–H groups in total. The van der Waals surface area contributed by atoms with Crippen LogP contribution in [0.1, 0.15) is 53.5 Å². The van der Waals surface area contributed by atoms with Crippen LogP contribution < -0.4 is 4.74 Å². The molecule has 1 aliphatic rings. The zero-order chi connectivity index (χ0) is 18.6. The van der Waals surface area contributed by atoms with Crippen LogP contribution in [0.4, 0.5) is 0 Å². The second-order valence-corrected chi connectivity index (χ2v) is 7.80. The van der Waals surface area contributed by atoms with Gasteiger partial charge < -0.3 is 4.74 Å². The Kier molecular flexibility index (Phi) is 6.71. The van der Waals surface area contributed by atoms with Gasteiger partial charge in [-0.05, 0) is 76.6 Å². The van der Waals surface area contributed by atoms with Gasteiger partial charge >= 0.3 is 0 Å². The van der Waals surface area contributed by atoms with Crippen molar-refractivity contribution < 1.29 is 9.53 Å². The van der Waals surface area contributed by atoms with E-state index in [1.165, 1.54) is 11.8 Å². The molecule has 5 heteroatoms. The quantitative estimate of drug-likeness (QED) is 0.674. The minimum atomic E-state index is 0.0272. The van der Waals surface area contributed by atoms with Gasteiger partial charge in [-0.3, -0.25) is 14.7 Å². The number of benzene rings is 1. The average Bonchev–Trinajstić information content (AvgIpc) is 2.84. The summed E-state index contributed by atoms with van der Waals surface area (Å²) in [5, 5.41) is 0.790. The van der Waals surface area contributed by atoms with E-state index in [1.807, 2.05) is 58.0 Å². The summed E-state index contributed by atoms with van der Waals surface area (Å²) in [6.07, 6.45) is 3.10. The predicted molar refractivity (Wildman–Crippen MR) is 107 cm³/mol. The van der Waals surface area contributed by atoms with Crippen molar-refractivity contribution in [2.24, 2.45) is 4.99 Å². The van der Waals surface area contributed by atoms with Crippen LogP contribution in [0.25, 0.3) is 6.08 Å². The van der Waals surface area contributed by atoms with Crippen molar-refractivity contribution in [3.05, 3.63) is 34.7 Å². The largest absolute Gasteiger partial charge is 0.491 e. The number of amides is 1. The van der Waals surface area contributed by atoms with Crippen LogP contribution in [-0.2, 0) is 4.79 Å². The molecule has 0 spiro atoms. The van der Waals surface area contributed by atoms with Crippen LogP contribution in [0, 0.1) is 0 Å². The van der Waals surface area contributed by atoms with Crippen LogP contribution >= 0.6 is 11.8 Å². The first-order valence-electron chi connectivity index (χ1n) is 8.89. The minimum Gasteiger partial charge on any atom is -0.491 e. The number of aliphatic imine (C=N–C) groups is 1. The molecule has 0 saturated carbocycles. The molecule has 4 nitrogen and oxygen atoms in total. The molecule has 1 fully saturated rings. The topological polar surface area (TPSA) is 41.9 Å². The maximum Gasteiger partial charge on any atom is 0.266 e. The maximum atomic E-state index is 12.7. The maximum absolute atomic E-state index is 12.7. The number of hydrogen-bond donors (Lipinski definition) is 0. The molecule has 1 atom stereocenters. The summed E-state index contributed by atoms with van der Waals surface area (Å²) in [6, 6.07) is 8.12. The third-order valence-corrected chi connectivity index (χ3v) is 4.81. The molecule has 0 aliphatic carbocycles. The Bertz CT molecular complexity index is 663. The van der Waals surface area contributed by atoms with Crippen LogP contribution in [0.3, 0.4) is 0 Å². The first-order chi connectivity index (χ1) is 11.8. The Morgan fingerprint density at radius 3 is 2.32 bits per heavy atom. The second kappa shape index (κ2) is 8.56. The van der Waals surface area contributed by atoms with Crippen LogP contribution in [-0.4, -0.2) is 34.2 Å². The van der Waals surface area contributed by atoms with Gasteiger partial charge in [-0.2, -0.15) is 0 Å². The number of hydrogen-bond acceptors (Lipinski definition) is 4. The summed E-state index contributed by atoms with van der Waals surface area (Å²) in [7, 11) is 0. The lowest BCUT2D eigenvalue weighted by molar-refractivity contribution is -0.123. The standard InChI is InChI=1S/C20H28N2O2S/c1-7-15(6)24-17-10-8-16(9-11-17)12-18-19(23)22(14(4)5)20(25-18)21-13(2)3/h8-15H,7H2,1-6H3/b18-12+,21-20?/t15-/m0/s1. The number of ether oxygens (including phenoxy) is 1. The fraction of sp³-hybridized carbons (Fsp3) is 0.500. The molecule has 0 aromatic heterocycles. The average molecular weight is 361 g/mol. The third kappa shape index (κ3) is 5.11. The zero-order valence-corrected chi connectivity index (χ0v) is 16.8. The van der Waals surface area contributed by atoms with Crippen LogP contribution in [0.15, 0.2) is 34.2 Å². The summed E-state index contributed by atoms with van der Waals surface area (Å²) in [5.41, 5.74) is 0.988. The van der Waals surface area contributed by atoms with Crippen molar-refractivity contribution in [1.29, 1.82) is 0 Å². The zero-order valence-electron chi connectivity index (χ0n) is 15.9. The monoisotopic (exact) mass is 360 g/mol. The molecule has 1 amide bonds. The van der Waals surface area contributed by atoms with E-state index in [-0.39, 0.29) is 24.1 Å². The number of amidine groups is 1. The van der Waals surface area contributed by atoms with Crippen molar-refractivity contribution in [3.8, 4) is 5.75 Å². The molecule has 136 valence electrons. The van der Waals surface area contributed by atoms with E-state index < -0.39 is 0 Å². The van der Waals surface area contributed by atoms with E-state index in [0.717, 1.165) is 22.9 Å². The lowest BCUT2D eigenvalue weighted by atomic mass is 10.2. The van der Waals surface area contributed by atoms with Gasteiger partial charge in [0.1, 0.15) is 5.75 Å². The third-order valence-electron chi connectivity index (χ3n) is 3.81. The molecule has 0 bridgehead atoms. The molecular formula is C20H28N2O2S. The van der Waals surface area contributed by atoms with Crippen molar-refractivity contribution in [2.75, 3.05) is 0 Å². The molecule has 25 heavy (non-hydrogen) atoms. The Morgan fingerprint density at radius 2 is 1.80 bits per heavy atom. The summed E-state index contributed by atoms with van der Waals surface area (Å²) < 4.78 is 5.80. The second-order valence-electron chi connectivity index (χ2n) is 6.79. The number of carbonyl (C=O) groups excluding carboxylic acids is 1. The van der Waals surface area contributed by atoms with Crippen LogP contribution in [0.5, 0.6) is 5.75 Å². The Balaban J connectivity index is 2.21. The van der Waals surface area contributed by atoms with Crippen molar-refractivity contribution in [3.63, 3.8) is 0 Å². The molecule has 1 heterocycles. The highest BCUT2D eigenvalue weighted by Crippen LogP contribution is 2.34. The van der Waals surface area contributed by atoms with Gasteiger partial charge in [0.25, 0.3) is 5.91 Å². The van der Waals surface area contributed by atoms with Gasteiger partial charge in [-0.15, -0.1) is 0 Å². The molecular weight excluding hydrogens is 332 g/mol. The Hall–Kier alpha value is -1.75. The molecule has 1 aromatic rings. The minimum absolute atomic E-state index is 0.0272. The summed E-state index contributed by atoms with van der Waals surface area (Å²) in [6.45, 7) is 12.2. The molecule has 1 aliphatic heterocycles.